The van der Waals surface area contributed by atoms with E-state index in [4.69, 9.17) is 0 Å². The van der Waals surface area contributed by atoms with Crippen molar-refractivity contribution in [1.29, 1.82) is 0 Å². The number of hydrogen-bond donors (Lipinski definition) is 2. The van der Waals surface area contributed by atoms with Crippen molar-refractivity contribution in [2.75, 3.05) is 17.7 Å². The summed E-state index contributed by atoms with van der Waals surface area (Å²) in [5, 5.41) is 7.36. The van der Waals surface area contributed by atoms with Crippen LogP contribution in [-0.2, 0) is 13.0 Å². The van der Waals surface area contributed by atoms with Gasteiger partial charge in [0, 0.05) is 24.2 Å². The maximum atomic E-state index is 4.36. The molecular formula is C12H17N5S. The van der Waals surface area contributed by atoms with E-state index in [1.165, 1.54) is 4.88 Å². The molecule has 2 aromatic heterocycles. The molecular weight excluding hydrogens is 246 g/mol. The van der Waals surface area contributed by atoms with Crippen LogP contribution in [0, 0.1) is 6.92 Å². The first kappa shape index (κ1) is 12.8. The van der Waals surface area contributed by atoms with Crippen LogP contribution in [0.2, 0.25) is 0 Å². The van der Waals surface area contributed by atoms with Gasteiger partial charge in [0.2, 0.25) is 0 Å². The third-order valence-electron chi connectivity index (χ3n) is 2.46. The standard InChI is InChI=1S/C12H17N5S/c1-4-9-6-15-12(18-9)7-14-11-5-10(13-3)16-8(2)17-11/h5-6H,4,7H2,1-3H3,(H2,13,14,16,17). The van der Waals surface area contributed by atoms with Gasteiger partial charge in [0.15, 0.2) is 0 Å². The third kappa shape index (κ3) is 3.16. The Balaban J connectivity index is 2.03. The molecule has 0 spiro atoms. The van der Waals surface area contributed by atoms with E-state index in [1.807, 2.05) is 26.2 Å². The van der Waals surface area contributed by atoms with Crippen LogP contribution in [0.5, 0.6) is 0 Å². The molecule has 0 aliphatic rings. The Morgan fingerprint density at radius 2 is 2.06 bits per heavy atom. The Hall–Kier alpha value is -1.69. The zero-order chi connectivity index (χ0) is 13.0. The summed E-state index contributed by atoms with van der Waals surface area (Å²) in [7, 11) is 1.85. The van der Waals surface area contributed by atoms with Crippen molar-refractivity contribution in [2.45, 2.75) is 26.8 Å². The number of hydrogen-bond acceptors (Lipinski definition) is 6. The predicted molar refractivity (Wildman–Crippen MR) is 75.1 cm³/mol. The van der Waals surface area contributed by atoms with E-state index in [9.17, 15) is 0 Å². The highest BCUT2D eigenvalue weighted by atomic mass is 32.1. The van der Waals surface area contributed by atoms with Crippen molar-refractivity contribution in [3.63, 3.8) is 0 Å². The zero-order valence-corrected chi connectivity index (χ0v) is 11.6. The quantitative estimate of drug-likeness (QED) is 0.867. The molecule has 0 aliphatic carbocycles. The average Bonchev–Trinajstić information content (AvgIpc) is 2.83. The number of aromatic nitrogens is 3. The Labute approximate surface area is 111 Å². The van der Waals surface area contributed by atoms with Crippen LogP contribution in [0.15, 0.2) is 12.3 Å². The topological polar surface area (TPSA) is 62.7 Å². The molecule has 0 bridgehead atoms. The molecule has 18 heavy (non-hydrogen) atoms. The number of nitrogens with one attached hydrogen (secondary N) is 2. The molecule has 5 nitrogen and oxygen atoms in total. The van der Waals surface area contributed by atoms with Gasteiger partial charge in [-0.15, -0.1) is 11.3 Å². The monoisotopic (exact) mass is 263 g/mol. The second kappa shape index (κ2) is 5.77. The maximum Gasteiger partial charge on any atom is 0.132 e. The lowest BCUT2D eigenvalue weighted by atomic mass is 10.4. The fourth-order valence-corrected chi connectivity index (χ4v) is 2.35. The van der Waals surface area contributed by atoms with Crippen LogP contribution in [0.25, 0.3) is 0 Å². The number of nitrogens with zero attached hydrogens (tertiary/aromatic N) is 3. The van der Waals surface area contributed by atoms with E-state index in [1.54, 1.807) is 11.3 Å². The van der Waals surface area contributed by atoms with Gasteiger partial charge in [0.05, 0.1) is 6.54 Å². The van der Waals surface area contributed by atoms with E-state index < -0.39 is 0 Å². The number of aryl methyl sites for hydroxylation is 2. The second-order valence-corrected chi connectivity index (χ2v) is 5.06. The minimum atomic E-state index is 0.699. The van der Waals surface area contributed by atoms with Crippen LogP contribution in [0.3, 0.4) is 0 Å². The molecule has 96 valence electrons. The summed E-state index contributed by atoms with van der Waals surface area (Å²) < 4.78 is 0. The molecule has 0 aromatic carbocycles. The highest BCUT2D eigenvalue weighted by molar-refractivity contribution is 7.11. The SMILES string of the molecule is CCc1cnc(CNc2cc(NC)nc(C)n2)s1. The van der Waals surface area contributed by atoms with Crippen molar-refractivity contribution in [3.8, 4) is 0 Å². The van der Waals surface area contributed by atoms with Gasteiger partial charge < -0.3 is 10.6 Å². The van der Waals surface area contributed by atoms with E-state index >= 15 is 0 Å². The zero-order valence-electron chi connectivity index (χ0n) is 10.8. The molecule has 0 amide bonds. The molecule has 2 N–H and O–H groups in total. The molecule has 2 rings (SSSR count). The molecule has 0 aliphatic heterocycles. The van der Waals surface area contributed by atoms with E-state index in [0.29, 0.717) is 6.54 Å². The Bertz CT molecular complexity index is 523. The molecule has 2 heterocycles. The Morgan fingerprint density at radius 3 is 2.72 bits per heavy atom. The van der Waals surface area contributed by atoms with E-state index in [2.05, 4.69) is 32.5 Å². The molecule has 6 heteroatoms. The van der Waals surface area contributed by atoms with Crippen molar-refractivity contribution in [3.05, 3.63) is 28.0 Å². The Morgan fingerprint density at radius 1 is 1.28 bits per heavy atom. The number of thiazole rings is 1. The predicted octanol–water partition coefficient (Wildman–Crippen LogP) is 2.46. The van der Waals surface area contributed by atoms with Crippen LogP contribution in [0.4, 0.5) is 11.6 Å². The molecule has 2 aromatic rings. The van der Waals surface area contributed by atoms with Crippen LogP contribution >= 0.6 is 11.3 Å². The lowest BCUT2D eigenvalue weighted by Crippen LogP contribution is -2.04. The van der Waals surface area contributed by atoms with Crippen molar-refractivity contribution in [2.24, 2.45) is 0 Å². The first-order valence-electron chi connectivity index (χ1n) is 5.92. The smallest absolute Gasteiger partial charge is 0.132 e. The largest absolute Gasteiger partial charge is 0.373 e. The highest BCUT2D eigenvalue weighted by Crippen LogP contribution is 2.16. The highest BCUT2D eigenvalue weighted by Gasteiger charge is 2.03. The first-order valence-corrected chi connectivity index (χ1v) is 6.73. The fraction of sp³-hybridized carbons (Fsp3) is 0.417. The van der Waals surface area contributed by atoms with Gasteiger partial charge in [-0.3, -0.25) is 0 Å². The summed E-state index contributed by atoms with van der Waals surface area (Å²) >= 11 is 1.73. The molecule has 0 radical (unpaired) electrons. The lowest BCUT2D eigenvalue weighted by molar-refractivity contribution is 1.01. The van der Waals surface area contributed by atoms with Gasteiger partial charge in [-0.2, -0.15) is 0 Å². The molecule has 0 saturated carbocycles. The van der Waals surface area contributed by atoms with Gasteiger partial charge in [0.25, 0.3) is 0 Å². The Kier molecular flexibility index (Phi) is 4.09. The van der Waals surface area contributed by atoms with Crippen molar-refractivity contribution < 1.29 is 0 Å². The van der Waals surface area contributed by atoms with Gasteiger partial charge in [-0.05, 0) is 13.3 Å². The van der Waals surface area contributed by atoms with Crippen molar-refractivity contribution in [1.82, 2.24) is 15.0 Å². The van der Waals surface area contributed by atoms with Crippen LogP contribution < -0.4 is 10.6 Å². The van der Waals surface area contributed by atoms with E-state index in [0.717, 1.165) is 28.9 Å². The summed E-state index contributed by atoms with van der Waals surface area (Å²) in [6.07, 6.45) is 2.97. The first-order chi connectivity index (χ1) is 8.71. The van der Waals surface area contributed by atoms with Gasteiger partial charge in [0.1, 0.15) is 22.5 Å². The fourth-order valence-electron chi connectivity index (χ4n) is 1.55. The van der Waals surface area contributed by atoms with Crippen LogP contribution in [-0.4, -0.2) is 22.0 Å². The normalized spacial score (nSPS) is 10.4. The summed E-state index contributed by atoms with van der Waals surface area (Å²) in [5.41, 5.74) is 0. The maximum absolute atomic E-state index is 4.36. The molecule has 0 atom stereocenters. The molecule has 0 unspecified atom stereocenters. The summed E-state index contributed by atoms with van der Waals surface area (Å²) in [5.74, 6) is 2.39. The second-order valence-electron chi connectivity index (χ2n) is 3.86. The van der Waals surface area contributed by atoms with Gasteiger partial charge >= 0.3 is 0 Å². The lowest BCUT2D eigenvalue weighted by Gasteiger charge is -2.06. The number of anilines is 2. The summed E-state index contributed by atoms with van der Waals surface area (Å²) in [6, 6.07) is 1.89. The summed E-state index contributed by atoms with van der Waals surface area (Å²) in [4.78, 5) is 14.3. The van der Waals surface area contributed by atoms with Crippen LogP contribution in [0.1, 0.15) is 22.6 Å². The third-order valence-corrected chi connectivity index (χ3v) is 3.61. The number of rotatable bonds is 5. The minimum Gasteiger partial charge on any atom is -0.373 e. The van der Waals surface area contributed by atoms with Crippen molar-refractivity contribution >= 4 is 23.0 Å². The molecule has 0 saturated heterocycles. The molecule has 0 fully saturated rings. The average molecular weight is 263 g/mol. The minimum absolute atomic E-state index is 0.699. The van der Waals surface area contributed by atoms with Gasteiger partial charge in [-0.1, -0.05) is 6.92 Å². The van der Waals surface area contributed by atoms with Gasteiger partial charge in [-0.25, -0.2) is 15.0 Å². The van der Waals surface area contributed by atoms with E-state index in [-0.39, 0.29) is 0 Å². The summed E-state index contributed by atoms with van der Waals surface area (Å²) in [6.45, 7) is 4.71.